The number of anilines is 1. The first-order chi connectivity index (χ1) is 16.0. The SMILES string of the molecule is CS(=O)(=O)Nc1cccc(/C=C2\c3ccccc3CCc3cc(-c4ccccc4)ccc32)c1. The topological polar surface area (TPSA) is 46.2 Å². The van der Waals surface area contributed by atoms with E-state index in [9.17, 15) is 8.42 Å². The first-order valence-electron chi connectivity index (χ1n) is 11.0. The Labute approximate surface area is 195 Å². The molecule has 1 aliphatic rings. The van der Waals surface area contributed by atoms with Crippen LogP contribution >= 0.6 is 0 Å². The van der Waals surface area contributed by atoms with Gasteiger partial charge >= 0.3 is 0 Å². The van der Waals surface area contributed by atoms with Gasteiger partial charge in [0.25, 0.3) is 0 Å². The fourth-order valence-corrected chi connectivity index (χ4v) is 5.07. The molecule has 0 unspecified atom stereocenters. The summed E-state index contributed by atoms with van der Waals surface area (Å²) in [5, 5.41) is 0. The third-order valence-electron chi connectivity index (χ3n) is 5.97. The predicted molar refractivity (Wildman–Crippen MR) is 138 cm³/mol. The van der Waals surface area contributed by atoms with E-state index in [0.29, 0.717) is 5.69 Å². The molecule has 4 heteroatoms. The van der Waals surface area contributed by atoms with Gasteiger partial charge in [0, 0.05) is 5.69 Å². The average molecular weight is 452 g/mol. The van der Waals surface area contributed by atoms with Crippen LogP contribution in [0.15, 0.2) is 97.1 Å². The summed E-state index contributed by atoms with van der Waals surface area (Å²) >= 11 is 0. The van der Waals surface area contributed by atoms with Gasteiger partial charge in [0.1, 0.15) is 0 Å². The van der Waals surface area contributed by atoms with Crippen LogP contribution in [0.5, 0.6) is 0 Å². The molecule has 4 aromatic carbocycles. The number of benzene rings is 4. The molecular weight excluding hydrogens is 426 g/mol. The molecule has 4 aromatic rings. The summed E-state index contributed by atoms with van der Waals surface area (Å²) in [4.78, 5) is 0. The predicted octanol–water partition coefficient (Wildman–Crippen LogP) is 6.41. The van der Waals surface area contributed by atoms with E-state index < -0.39 is 10.0 Å². The quantitative estimate of drug-likeness (QED) is 0.390. The van der Waals surface area contributed by atoms with Crippen molar-refractivity contribution in [2.75, 3.05) is 11.0 Å². The maximum absolute atomic E-state index is 11.7. The molecule has 0 aromatic heterocycles. The molecule has 5 rings (SSSR count). The molecular formula is C29H25NO2S. The van der Waals surface area contributed by atoms with Crippen molar-refractivity contribution < 1.29 is 8.42 Å². The van der Waals surface area contributed by atoms with Crippen LogP contribution in [0.25, 0.3) is 22.8 Å². The highest BCUT2D eigenvalue weighted by Crippen LogP contribution is 2.37. The summed E-state index contributed by atoms with van der Waals surface area (Å²) in [6.07, 6.45) is 5.29. The third-order valence-corrected chi connectivity index (χ3v) is 6.58. The van der Waals surface area contributed by atoms with E-state index in [-0.39, 0.29) is 0 Å². The number of fused-ring (bicyclic) bond motifs is 2. The molecule has 0 heterocycles. The van der Waals surface area contributed by atoms with Crippen LogP contribution in [-0.4, -0.2) is 14.7 Å². The molecule has 0 radical (unpaired) electrons. The van der Waals surface area contributed by atoms with Gasteiger partial charge < -0.3 is 0 Å². The summed E-state index contributed by atoms with van der Waals surface area (Å²) in [5.74, 6) is 0. The zero-order chi connectivity index (χ0) is 22.8. The fraction of sp³-hybridized carbons (Fsp3) is 0.103. The molecule has 0 fully saturated rings. The minimum atomic E-state index is -3.33. The lowest BCUT2D eigenvalue weighted by molar-refractivity contribution is 0.607. The molecule has 164 valence electrons. The molecule has 1 aliphatic carbocycles. The monoisotopic (exact) mass is 451 g/mol. The van der Waals surface area contributed by atoms with E-state index in [2.05, 4.69) is 77.5 Å². The van der Waals surface area contributed by atoms with Crippen LogP contribution in [0, 0.1) is 0 Å². The summed E-state index contributed by atoms with van der Waals surface area (Å²) in [6.45, 7) is 0. The van der Waals surface area contributed by atoms with Crippen molar-refractivity contribution in [3.05, 3.63) is 125 Å². The van der Waals surface area contributed by atoms with Gasteiger partial charge in [-0.25, -0.2) is 8.42 Å². The number of hydrogen-bond acceptors (Lipinski definition) is 2. The minimum absolute atomic E-state index is 0.563. The molecule has 0 bridgehead atoms. The highest BCUT2D eigenvalue weighted by Gasteiger charge is 2.18. The Bertz CT molecular complexity index is 1450. The molecule has 3 nitrogen and oxygen atoms in total. The highest BCUT2D eigenvalue weighted by atomic mass is 32.2. The number of rotatable bonds is 4. The van der Waals surface area contributed by atoms with Crippen molar-refractivity contribution >= 4 is 27.4 Å². The van der Waals surface area contributed by atoms with Crippen LogP contribution in [0.3, 0.4) is 0 Å². The molecule has 0 saturated carbocycles. The Kier molecular flexibility index (Phi) is 5.61. The normalized spacial score (nSPS) is 14.3. The smallest absolute Gasteiger partial charge is 0.229 e. The molecule has 0 aliphatic heterocycles. The first kappa shape index (κ1) is 21.2. The second kappa shape index (κ2) is 8.72. The van der Waals surface area contributed by atoms with Crippen LogP contribution in [0.4, 0.5) is 5.69 Å². The van der Waals surface area contributed by atoms with Crippen molar-refractivity contribution in [3.8, 4) is 11.1 Å². The third kappa shape index (κ3) is 4.76. The van der Waals surface area contributed by atoms with E-state index >= 15 is 0 Å². The van der Waals surface area contributed by atoms with E-state index in [1.807, 2.05) is 24.3 Å². The number of hydrogen-bond donors (Lipinski definition) is 1. The van der Waals surface area contributed by atoms with E-state index in [1.165, 1.54) is 39.6 Å². The zero-order valence-electron chi connectivity index (χ0n) is 18.5. The standard InChI is InChI=1S/C29H25NO2S/c1-33(31,32)30-26-12-7-8-21(18-26)19-29-27-13-6-5-11-23(27)14-15-25-20-24(16-17-28(25)29)22-9-3-2-4-10-22/h2-13,16-20,30H,14-15H2,1H3/b29-19+. The number of nitrogens with one attached hydrogen (secondary N) is 1. The number of sulfonamides is 1. The first-order valence-corrected chi connectivity index (χ1v) is 12.9. The Hall–Kier alpha value is -3.63. The Morgan fingerprint density at radius 1 is 0.697 bits per heavy atom. The van der Waals surface area contributed by atoms with Gasteiger partial charge in [0.2, 0.25) is 10.0 Å². The van der Waals surface area contributed by atoms with Gasteiger partial charge in [-0.15, -0.1) is 0 Å². The Morgan fingerprint density at radius 3 is 2.24 bits per heavy atom. The lowest BCUT2D eigenvalue weighted by atomic mass is 9.90. The maximum Gasteiger partial charge on any atom is 0.229 e. The molecule has 0 spiro atoms. The summed E-state index contributed by atoms with van der Waals surface area (Å²) < 4.78 is 26.0. The summed E-state index contributed by atoms with van der Waals surface area (Å²) in [6, 6.07) is 33.3. The summed E-state index contributed by atoms with van der Waals surface area (Å²) in [5.41, 5.74) is 10.2. The average Bonchev–Trinajstić information content (AvgIpc) is 2.96. The van der Waals surface area contributed by atoms with Crippen LogP contribution in [0.2, 0.25) is 0 Å². The largest absolute Gasteiger partial charge is 0.284 e. The van der Waals surface area contributed by atoms with Crippen molar-refractivity contribution in [1.82, 2.24) is 0 Å². The van der Waals surface area contributed by atoms with Crippen LogP contribution < -0.4 is 4.72 Å². The minimum Gasteiger partial charge on any atom is -0.284 e. The van der Waals surface area contributed by atoms with Gasteiger partial charge in [-0.2, -0.15) is 0 Å². The van der Waals surface area contributed by atoms with Crippen molar-refractivity contribution in [3.63, 3.8) is 0 Å². The van der Waals surface area contributed by atoms with Gasteiger partial charge in [-0.3, -0.25) is 4.72 Å². The van der Waals surface area contributed by atoms with Crippen LogP contribution in [-0.2, 0) is 22.9 Å². The summed E-state index contributed by atoms with van der Waals surface area (Å²) in [7, 11) is -3.33. The Balaban J connectivity index is 1.65. The van der Waals surface area contributed by atoms with E-state index in [4.69, 9.17) is 0 Å². The van der Waals surface area contributed by atoms with Gasteiger partial charge in [-0.05, 0) is 75.6 Å². The van der Waals surface area contributed by atoms with Gasteiger partial charge in [0.05, 0.1) is 6.26 Å². The van der Waals surface area contributed by atoms with Crippen molar-refractivity contribution in [1.29, 1.82) is 0 Å². The second-order valence-electron chi connectivity index (χ2n) is 8.45. The van der Waals surface area contributed by atoms with Crippen molar-refractivity contribution in [2.45, 2.75) is 12.8 Å². The molecule has 33 heavy (non-hydrogen) atoms. The molecule has 0 amide bonds. The number of aryl methyl sites for hydroxylation is 2. The molecule has 1 N–H and O–H groups in total. The van der Waals surface area contributed by atoms with E-state index in [0.717, 1.165) is 24.0 Å². The van der Waals surface area contributed by atoms with Crippen molar-refractivity contribution in [2.24, 2.45) is 0 Å². The zero-order valence-corrected chi connectivity index (χ0v) is 19.3. The molecule has 0 atom stereocenters. The highest BCUT2D eigenvalue weighted by molar-refractivity contribution is 7.92. The fourth-order valence-electron chi connectivity index (χ4n) is 4.52. The second-order valence-corrected chi connectivity index (χ2v) is 10.2. The van der Waals surface area contributed by atoms with Crippen LogP contribution in [0.1, 0.15) is 27.8 Å². The Morgan fingerprint density at radius 2 is 1.42 bits per heavy atom. The van der Waals surface area contributed by atoms with Gasteiger partial charge in [0.15, 0.2) is 0 Å². The maximum atomic E-state index is 11.7. The lowest BCUT2D eigenvalue weighted by Gasteiger charge is -2.14. The van der Waals surface area contributed by atoms with E-state index in [1.54, 1.807) is 6.07 Å². The molecule has 0 saturated heterocycles. The van der Waals surface area contributed by atoms with Gasteiger partial charge in [-0.1, -0.05) is 84.9 Å². The lowest BCUT2D eigenvalue weighted by Crippen LogP contribution is -2.09.